The standard InChI is InChI=1S/C14H16N2OS/c1-15-14(18)16-8-7-11-4-2-3-10-5-6-12(17)9-13(10)11/h2-6,9,17H,7-8H2,1H3,(H2,15,16,18). The summed E-state index contributed by atoms with van der Waals surface area (Å²) in [6.07, 6.45) is 0.864. The summed E-state index contributed by atoms with van der Waals surface area (Å²) in [5.74, 6) is 0.300. The van der Waals surface area contributed by atoms with E-state index >= 15 is 0 Å². The predicted molar refractivity (Wildman–Crippen MR) is 79.0 cm³/mol. The van der Waals surface area contributed by atoms with Crippen LogP contribution >= 0.6 is 12.2 Å². The number of hydrogen-bond donors (Lipinski definition) is 3. The van der Waals surface area contributed by atoms with Crippen LogP contribution < -0.4 is 10.6 Å². The summed E-state index contributed by atoms with van der Waals surface area (Å²) in [6, 6.07) is 11.6. The lowest BCUT2D eigenvalue weighted by atomic mass is 10.0. The zero-order chi connectivity index (χ0) is 13.0. The lowest BCUT2D eigenvalue weighted by Crippen LogP contribution is -2.33. The van der Waals surface area contributed by atoms with Gasteiger partial charge in [-0.15, -0.1) is 0 Å². The molecule has 0 aliphatic carbocycles. The van der Waals surface area contributed by atoms with Gasteiger partial charge in [0.2, 0.25) is 0 Å². The van der Waals surface area contributed by atoms with E-state index in [-0.39, 0.29) is 0 Å². The summed E-state index contributed by atoms with van der Waals surface area (Å²) >= 11 is 5.03. The lowest BCUT2D eigenvalue weighted by molar-refractivity contribution is 0.476. The second-order valence-electron chi connectivity index (χ2n) is 4.08. The third-order valence-corrected chi connectivity index (χ3v) is 3.21. The number of aromatic hydroxyl groups is 1. The first kappa shape index (κ1) is 12.6. The maximum atomic E-state index is 9.56. The molecule has 0 heterocycles. The fraction of sp³-hybridized carbons (Fsp3) is 0.214. The van der Waals surface area contributed by atoms with Gasteiger partial charge < -0.3 is 15.7 Å². The fourth-order valence-corrected chi connectivity index (χ4v) is 2.04. The minimum absolute atomic E-state index is 0.300. The third kappa shape index (κ3) is 2.90. The number of thiocarbonyl (C=S) groups is 1. The minimum Gasteiger partial charge on any atom is -0.508 e. The molecule has 18 heavy (non-hydrogen) atoms. The molecule has 0 atom stereocenters. The monoisotopic (exact) mass is 260 g/mol. The first-order valence-electron chi connectivity index (χ1n) is 5.87. The number of hydrogen-bond acceptors (Lipinski definition) is 2. The van der Waals surface area contributed by atoms with Gasteiger partial charge in [0.15, 0.2) is 5.11 Å². The van der Waals surface area contributed by atoms with E-state index in [0.29, 0.717) is 10.9 Å². The Morgan fingerprint density at radius 1 is 1.28 bits per heavy atom. The van der Waals surface area contributed by atoms with Crippen LogP contribution in [-0.4, -0.2) is 23.8 Å². The average Bonchev–Trinajstić information content (AvgIpc) is 2.39. The molecule has 2 aromatic rings. The van der Waals surface area contributed by atoms with Gasteiger partial charge >= 0.3 is 0 Å². The summed E-state index contributed by atoms with van der Waals surface area (Å²) in [5.41, 5.74) is 1.20. The average molecular weight is 260 g/mol. The van der Waals surface area contributed by atoms with Crippen LogP contribution in [0.15, 0.2) is 36.4 Å². The molecule has 0 amide bonds. The number of rotatable bonds is 3. The highest BCUT2D eigenvalue weighted by Gasteiger charge is 2.02. The first-order chi connectivity index (χ1) is 8.70. The predicted octanol–water partition coefficient (Wildman–Crippen LogP) is 2.18. The minimum atomic E-state index is 0.300. The van der Waals surface area contributed by atoms with Crippen molar-refractivity contribution >= 4 is 28.1 Å². The van der Waals surface area contributed by atoms with Gasteiger partial charge in [0, 0.05) is 13.6 Å². The zero-order valence-electron chi connectivity index (χ0n) is 10.2. The number of benzene rings is 2. The van der Waals surface area contributed by atoms with Crippen LogP contribution in [0, 0.1) is 0 Å². The molecular formula is C14H16N2OS. The Morgan fingerprint density at radius 2 is 2.11 bits per heavy atom. The van der Waals surface area contributed by atoms with Crippen LogP contribution in [0.2, 0.25) is 0 Å². The molecule has 2 aromatic carbocycles. The maximum absolute atomic E-state index is 9.56. The molecule has 0 spiro atoms. The molecule has 0 bridgehead atoms. The Kier molecular flexibility index (Phi) is 3.99. The van der Waals surface area contributed by atoms with Gasteiger partial charge in [-0.2, -0.15) is 0 Å². The molecule has 0 saturated heterocycles. The molecule has 0 aromatic heterocycles. The molecule has 0 aliphatic heterocycles. The van der Waals surface area contributed by atoms with E-state index < -0.39 is 0 Å². The van der Waals surface area contributed by atoms with Gasteiger partial charge in [-0.25, -0.2) is 0 Å². The number of phenols is 1. The highest BCUT2D eigenvalue weighted by molar-refractivity contribution is 7.80. The molecule has 3 nitrogen and oxygen atoms in total. The van der Waals surface area contributed by atoms with Crippen molar-refractivity contribution in [2.75, 3.05) is 13.6 Å². The van der Waals surface area contributed by atoms with Crippen LogP contribution in [0.1, 0.15) is 5.56 Å². The molecule has 0 saturated carbocycles. The van der Waals surface area contributed by atoms with E-state index in [9.17, 15) is 5.11 Å². The summed E-state index contributed by atoms with van der Waals surface area (Å²) < 4.78 is 0. The van der Waals surface area contributed by atoms with E-state index in [4.69, 9.17) is 12.2 Å². The molecule has 94 valence electrons. The molecule has 0 unspecified atom stereocenters. The van der Waals surface area contributed by atoms with Gasteiger partial charge in [0.05, 0.1) is 0 Å². The van der Waals surface area contributed by atoms with E-state index in [1.54, 1.807) is 19.2 Å². The highest BCUT2D eigenvalue weighted by atomic mass is 32.1. The molecule has 0 radical (unpaired) electrons. The van der Waals surface area contributed by atoms with Crippen LogP contribution in [0.5, 0.6) is 5.75 Å². The number of nitrogens with one attached hydrogen (secondary N) is 2. The quantitative estimate of drug-likeness (QED) is 0.740. The zero-order valence-corrected chi connectivity index (χ0v) is 11.1. The maximum Gasteiger partial charge on any atom is 0.166 e. The van der Waals surface area contributed by atoms with Crippen LogP contribution in [0.4, 0.5) is 0 Å². The van der Waals surface area contributed by atoms with E-state index in [1.807, 2.05) is 18.2 Å². The second-order valence-corrected chi connectivity index (χ2v) is 4.49. The Hall–Kier alpha value is -1.81. The van der Waals surface area contributed by atoms with Crippen molar-refractivity contribution in [3.05, 3.63) is 42.0 Å². The molecule has 2 rings (SSSR count). The van der Waals surface area contributed by atoms with Crippen molar-refractivity contribution in [2.24, 2.45) is 0 Å². The number of fused-ring (bicyclic) bond motifs is 1. The molecule has 0 fully saturated rings. The van der Waals surface area contributed by atoms with Gasteiger partial charge in [0.25, 0.3) is 0 Å². The lowest BCUT2D eigenvalue weighted by Gasteiger charge is -2.09. The summed E-state index contributed by atoms with van der Waals surface area (Å²) in [6.45, 7) is 0.772. The fourth-order valence-electron chi connectivity index (χ4n) is 1.94. The molecule has 4 heteroatoms. The van der Waals surface area contributed by atoms with E-state index in [1.165, 1.54) is 5.56 Å². The van der Waals surface area contributed by atoms with Gasteiger partial charge in [-0.1, -0.05) is 24.3 Å². The third-order valence-electron chi connectivity index (χ3n) is 2.86. The van der Waals surface area contributed by atoms with E-state index in [0.717, 1.165) is 23.7 Å². The van der Waals surface area contributed by atoms with Gasteiger partial charge in [-0.05, 0) is 47.1 Å². The Bertz CT molecular complexity index is 569. The molecule has 0 aliphatic rings. The Balaban J connectivity index is 2.17. The van der Waals surface area contributed by atoms with E-state index in [2.05, 4.69) is 16.7 Å². The van der Waals surface area contributed by atoms with Crippen LogP contribution in [-0.2, 0) is 6.42 Å². The van der Waals surface area contributed by atoms with Crippen molar-refractivity contribution in [3.8, 4) is 5.75 Å². The van der Waals surface area contributed by atoms with Crippen molar-refractivity contribution in [2.45, 2.75) is 6.42 Å². The molecular weight excluding hydrogens is 244 g/mol. The summed E-state index contributed by atoms with van der Waals surface area (Å²) in [5, 5.41) is 18.4. The Labute approximate surface area is 112 Å². The van der Waals surface area contributed by atoms with Crippen molar-refractivity contribution in [3.63, 3.8) is 0 Å². The number of phenolic OH excluding ortho intramolecular Hbond substituents is 1. The topological polar surface area (TPSA) is 44.3 Å². The summed E-state index contributed by atoms with van der Waals surface area (Å²) in [7, 11) is 1.80. The van der Waals surface area contributed by atoms with Crippen LogP contribution in [0.3, 0.4) is 0 Å². The largest absolute Gasteiger partial charge is 0.508 e. The SMILES string of the molecule is CNC(=S)NCCc1cccc2ccc(O)cc12. The van der Waals surface area contributed by atoms with Crippen molar-refractivity contribution in [1.82, 2.24) is 10.6 Å². The molecule has 3 N–H and O–H groups in total. The smallest absolute Gasteiger partial charge is 0.166 e. The second kappa shape index (κ2) is 5.69. The highest BCUT2D eigenvalue weighted by Crippen LogP contribution is 2.23. The van der Waals surface area contributed by atoms with Crippen LogP contribution in [0.25, 0.3) is 10.8 Å². The van der Waals surface area contributed by atoms with Gasteiger partial charge in [-0.3, -0.25) is 0 Å². The normalized spacial score (nSPS) is 10.3. The van der Waals surface area contributed by atoms with Gasteiger partial charge in [0.1, 0.15) is 5.75 Å². The van der Waals surface area contributed by atoms with Crippen molar-refractivity contribution in [1.29, 1.82) is 0 Å². The van der Waals surface area contributed by atoms with Crippen molar-refractivity contribution < 1.29 is 5.11 Å². The summed E-state index contributed by atoms with van der Waals surface area (Å²) in [4.78, 5) is 0. The Morgan fingerprint density at radius 3 is 2.89 bits per heavy atom. The first-order valence-corrected chi connectivity index (χ1v) is 6.28.